The number of likely N-dealkylation sites (tertiary alicyclic amines) is 1. The van der Waals surface area contributed by atoms with Gasteiger partial charge in [-0.3, -0.25) is 19.7 Å². The van der Waals surface area contributed by atoms with Gasteiger partial charge in [0, 0.05) is 39.2 Å². The van der Waals surface area contributed by atoms with Gasteiger partial charge in [0.15, 0.2) is 11.5 Å². The quantitative estimate of drug-likeness (QED) is 0.366. The Bertz CT molecular complexity index is 1210. The molecular formula is C28H37ClN4O6. The number of methoxy groups -OCH3 is 2. The SMILES string of the molecule is COc1cc2c(cc1OC)CC(=O)N(CC1CCCN(CCc3ccc(NC(C)=O)c([N+](=O)[O-])c3)C1)CC2.Cl. The maximum absolute atomic E-state index is 13.1. The lowest BCUT2D eigenvalue weighted by atomic mass is 9.96. The second-order valence-corrected chi connectivity index (χ2v) is 10.1. The Balaban J connectivity index is 0.00000420. The summed E-state index contributed by atoms with van der Waals surface area (Å²) in [6, 6.07) is 8.88. The molecule has 1 saturated heterocycles. The highest BCUT2D eigenvalue weighted by molar-refractivity contribution is 5.91. The summed E-state index contributed by atoms with van der Waals surface area (Å²) in [5.74, 6) is 1.51. The van der Waals surface area contributed by atoms with Gasteiger partial charge in [-0.25, -0.2) is 0 Å². The van der Waals surface area contributed by atoms with Crippen LogP contribution in [0.4, 0.5) is 11.4 Å². The van der Waals surface area contributed by atoms with Crippen molar-refractivity contribution < 1.29 is 24.0 Å². The van der Waals surface area contributed by atoms with Crippen LogP contribution in [-0.4, -0.2) is 73.5 Å². The molecule has 1 unspecified atom stereocenters. The number of rotatable bonds is 9. The van der Waals surface area contributed by atoms with E-state index in [1.807, 2.05) is 23.1 Å². The number of nitro benzene ring substituents is 1. The highest BCUT2D eigenvalue weighted by Crippen LogP contribution is 2.33. The highest BCUT2D eigenvalue weighted by Gasteiger charge is 2.27. The number of benzene rings is 2. The number of nitro groups is 1. The van der Waals surface area contributed by atoms with E-state index in [1.54, 1.807) is 26.4 Å². The minimum Gasteiger partial charge on any atom is -0.493 e. The lowest BCUT2D eigenvalue weighted by Crippen LogP contribution is -2.44. The van der Waals surface area contributed by atoms with Crippen molar-refractivity contribution in [3.8, 4) is 11.5 Å². The van der Waals surface area contributed by atoms with Gasteiger partial charge in [-0.15, -0.1) is 12.4 Å². The van der Waals surface area contributed by atoms with Gasteiger partial charge in [-0.2, -0.15) is 0 Å². The number of amides is 2. The number of anilines is 1. The summed E-state index contributed by atoms with van der Waals surface area (Å²) in [4.78, 5) is 39.9. The summed E-state index contributed by atoms with van der Waals surface area (Å²) in [7, 11) is 3.22. The third kappa shape index (κ3) is 7.60. The van der Waals surface area contributed by atoms with Gasteiger partial charge in [0.05, 0.1) is 25.6 Å². The largest absolute Gasteiger partial charge is 0.493 e. The fourth-order valence-electron chi connectivity index (χ4n) is 5.49. The first-order chi connectivity index (χ1) is 18.3. The van der Waals surface area contributed by atoms with E-state index in [1.165, 1.54) is 6.92 Å². The monoisotopic (exact) mass is 560 g/mol. The van der Waals surface area contributed by atoms with Gasteiger partial charge < -0.3 is 24.6 Å². The molecule has 2 aliphatic heterocycles. The Morgan fingerprint density at radius 1 is 1.13 bits per heavy atom. The van der Waals surface area contributed by atoms with E-state index in [4.69, 9.17) is 9.47 Å². The molecule has 1 fully saturated rings. The van der Waals surface area contributed by atoms with Crippen LogP contribution in [0.5, 0.6) is 11.5 Å². The highest BCUT2D eigenvalue weighted by atomic mass is 35.5. The third-order valence-electron chi connectivity index (χ3n) is 7.42. The zero-order valence-electron chi connectivity index (χ0n) is 22.7. The normalized spacial score (nSPS) is 17.5. The van der Waals surface area contributed by atoms with Crippen LogP contribution in [0.25, 0.3) is 0 Å². The van der Waals surface area contributed by atoms with Gasteiger partial charge in [0.25, 0.3) is 5.69 Å². The molecule has 4 rings (SSSR count). The van der Waals surface area contributed by atoms with Gasteiger partial charge in [0.1, 0.15) is 5.69 Å². The second kappa shape index (κ2) is 13.6. The molecule has 0 aromatic heterocycles. The number of fused-ring (bicyclic) bond motifs is 1. The van der Waals surface area contributed by atoms with Gasteiger partial charge in [-0.05, 0) is 73.0 Å². The van der Waals surface area contributed by atoms with E-state index in [9.17, 15) is 19.7 Å². The Labute approximate surface area is 235 Å². The number of carbonyl (C=O) groups is 2. The number of nitrogens with zero attached hydrogens (tertiary/aromatic N) is 3. The van der Waals surface area contributed by atoms with Crippen LogP contribution in [0.3, 0.4) is 0 Å². The first-order valence-corrected chi connectivity index (χ1v) is 13.1. The average Bonchev–Trinajstić information content (AvgIpc) is 3.04. The lowest BCUT2D eigenvalue weighted by Gasteiger charge is -2.35. The molecule has 1 N–H and O–H groups in total. The van der Waals surface area contributed by atoms with E-state index in [0.717, 1.165) is 62.1 Å². The molecule has 2 aromatic rings. The van der Waals surface area contributed by atoms with Crippen molar-refractivity contribution in [2.75, 3.05) is 52.3 Å². The minimum absolute atomic E-state index is 0. The Morgan fingerprint density at radius 2 is 1.85 bits per heavy atom. The van der Waals surface area contributed by atoms with Gasteiger partial charge in [0.2, 0.25) is 11.8 Å². The van der Waals surface area contributed by atoms with Crippen LogP contribution < -0.4 is 14.8 Å². The zero-order valence-corrected chi connectivity index (χ0v) is 23.6. The van der Waals surface area contributed by atoms with Gasteiger partial charge >= 0.3 is 0 Å². The maximum Gasteiger partial charge on any atom is 0.293 e. The average molecular weight is 561 g/mol. The molecule has 39 heavy (non-hydrogen) atoms. The number of hydrogen-bond donors (Lipinski definition) is 1. The minimum atomic E-state index is -0.464. The molecule has 0 radical (unpaired) electrons. The first-order valence-electron chi connectivity index (χ1n) is 13.1. The third-order valence-corrected chi connectivity index (χ3v) is 7.42. The molecule has 2 heterocycles. The molecule has 2 amide bonds. The number of nitrogens with one attached hydrogen (secondary N) is 1. The summed E-state index contributed by atoms with van der Waals surface area (Å²) in [6.45, 7) is 5.39. The number of halogens is 1. The molecule has 2 aliphatic rings. The number of ether oxygens (including phenoxy) is 2. The lowest BCUT2D eigenvalue weighted by molar-refractivity contribution is -0.384. The predicted molar refractivity (Wildman–Crippen MR) is 151 cm³/mol. The van der Waals surface area contributed by atoms with E-state index >= 15 is 0 Å². The van der Waals surface area contributed by atoms with Crippen LogP contribution in [0, 0.1) is 16.0 Å². The van der Waals surface area contributed by atoms with Crippen LogP contribution >= 0.6 is 12.4 Å². The maximum atomic E-state index is 13.1. The number of hydrogen-bond acceptors (Lipinski definition) is 7. The molecule has 2 aromatic carbocycles. The molecule has 0 saturated carbocycles. The zero-order chi connectivity index (χ0) is 27.2. The summed E-state index contributed by atoms with van der Waals surface area (Å²) in [6.07, 6.45) is 3.95. The van der Waals surface area contributed by atoms with E-state index in [-0.39, 0.29) is 35.6 Å². The van der Waals surface area contributed by atoms with Crippen LogP contribution in [-0.2, 0) is 28.9 Å². The summed E-state index contributed by atoms with van der Waals surface area (Å²) < 4.78 is 10.9. The first kappa shape index (κ1) is 30.2. The second-order valence-electron chi connectivity index (χ2n) is 10.1. The fourth-order valence-corrected chi connectivity index (χ4v) is 5.49. The van der Waals surface area contributed by atoms with Crippen molar-refractivity contribution in [1.82, 2.24) is 9.80 Å². The standard InChI is InChI=1S/C28H36N4O6.ClH/c1-19(33)29-24-7-6-20(13-25(24)32(35)36)8-11-30-10-4-5-21(17-30)18-31-12-9-22-14-26(37-2)27(38-3)15-23(22)16-28(31)34;/h6-7,13-15,21H,4-5,8-12,16-18H2,1-3H3,(H,29,33);1H. The van der Waals surface area contributed by atoms with Crippen molar-refractivity contribution in [2.45, 2.75) is 39.0 Å². The summed E-state index contributed by atoms with van der Waals surface area (Å²) >= 11 is 0. The molecular weight excluding hydrogens is 524 g/mol. The summed E-state index contributed by atoms with van der Waals surface area (Å²) in [5.41, 5.74) is 3.11. The van der Waals surface area contributed by atoms with Crippen LogP contribution in [0.15, 0.2) is 30.3 Å². The molecule has 0 aliphatic carbocycles. The van der Waals surface area contributed by atoms with Gasteiger partial charge in [-0.1, -0.05) is 6.07 Å². The van der Waals surface area contributed by atoms with Crippen molar-refractivity contribution >= 4 is 35.6 Å². The smallest absolute Gasteiger partial charge is 0.293 e. The Morgan fingerprint density at radius 3 is 2.51 bits per heavy atom. The van der Waals surface area contributed by atoms with Crippen LogP contribution in [0.1, 0.15) is 36.5 Å². The molecule has 10 nitrogen and oxygen atoms in total. The van der Waals surface area contributed by atoms with Crippen molar-refractivity contribution in [1.29, 1.82) is 0 Å². The van der Waals surface area contributed by atoms with Crippen molar-refractivity contribution in [2.24, 2.45) is 5.92 Å². The van der Waals surface area contributed by atoms with Crippen molar-refractivity contribution in [3.05, 3.63) is 57.1 Å². The molecule has 11 heteroatoms. The molecule has 0 bridgehead atoms. The predicted octanol–water partition coefficient (Wildman–Crippen LogP) is 3.87. The number of carbonyl (C=O) groups excluding carboxylic acids is 2. The van der Waals surface area contributed by atoms with E-state index in [2.05, 4.69) is 10.2 Å². The van der Waals surface area contributed by atoms with E-state index < -0.39 is 4.92 Å². The Hall–Kier alpha value is -3.37. The Kier molecular flexibility index (Phi) is 10.5. The van der Waals surface area contributed by atoms with Crippen LogP contribution in [0.2, 0.25) is 0 Å². The number of piperidine rings is 1. The molecule has 212 valence electrons. The molecule has 1 atom stereocenters. The topological polar surface area (TPSA) is 114 Å². The van der Waals surface area contributed by atoms with E-state index in [0.29, 0.717) is 36.8 Å². The molecule has 0 spiro atoms. The van der Waals surface area contributed by atoms with Crippen molar-refractivity contribution in [3.63, 3.8) is 0 Å². The summed E-state index contributed by atoms with van der Waals surface area (Å²) in [5, 5.41) is 14.0. The fraction of sp³-hybridized carbons (Fsp3) is 0.500.